The molecular weight excluding hydrogens is 438 g/mol. The summed E-state index contributed by atoms with van der Waals surface area (Å²) < 4.78 is 32.8. The average Bonchev–Trinajstić information content (AvgIpc) is 3.35. The first kappa shape index (κ1) is 21.5. The zero-order valence-electron chi connectivity index (χ0n) is 17.5. The normalized spacial score (nSPS) is 15.4. The van der Waals surface area contributed by atoms with Gasteiger partial charge in [0.2, 0.25) is 10.0 Å². The van der Waals surface area contributed by atoms with Gasteiger partial charge in [0.05, 0.1) is 5.69 Å². The van der Waals surface area contributed by atoms with E-state index >= 15 is 0 Å². The van der Waals surface area contributed by atoms with E-state index < -0.39 is 10.0 Å². The predicted molar refractivity (Wildman–Crippen MR) is 117 cm³/mol. The molecule has 1 amide bonds. The zero-order valence-corrected chi connectivity index (χ0v) is 19.1. The van der Waals surface area contributed by atoms with Crippen LogP contribution in [0.5, 0.6) is 5.75 Å². The van der Waals surface area contributed by atoms with E-state index in [2.05, 4.69) is 4.98 Å². The summed E-state index contributed by atoms with van der Waals surface area (Å²) in [6.07, 6.45) is 0. The Balaban J connectivity index is 1.48. The maximum absolute atomic E-state index is 13.1. The van der Waals surface area contributed by atoms with Gasteiger partial charge in [-0.1, -0.05) is 6.07 Å². The number of benzene rings is 1. The van der Waals surface area contributed by atoms with Crippen LogP contribution in [-0.4, -0.2) is 59.8 Å². The van der Waals surface area contributed by atoms with Crippen LogP contribution in [0.3, 0.4) is 0 Å². The second-order valence-corrected chi connectivity index (χ2v) is 10.4. The summed E-state index contributed by atoms with van der Waals surface area (Å²) in [5, 5.41) is 10.7. The first-order valence-corrected chi connectivity index (χ1v) is 12.1. The highest BCUT2D eigenvalue weighted by Gasteiger charge is 2.33. The highest BCUT2D eigenvalue weighted by atomic mass is 32.2. The van der Waals surface area contributed by atoms with E-state index in [1.807, 2.05) is 19.1 Å². The Kier molecular flexibility index (Phi) is 5.63. The number of amides is 1. The van der Waals surface area contributed by atoms with Crippen molar-refractivity contribution in [2.24, 2.45) is 0 Å². The molecule has 164 valence electrons. The average molecular weight is 462 g/mol. The minimum Gasteiger partial charge on any atom is -0.507 e. The van der Waals surface area contributed by atoms with Gasteiger partial charge in [-0.3, -0.25) is 4.79 Å². The van der Waals surface area contributed by atoms with Gasteiger partial charge in [0.1, 0.15) is 21.3 Å². The Bertz CT molecular complexity index is 1240. The summed E-state index contributed by atoms with van der Waals surface area (Å²) in [5.74, 6) is 0.955. The molecule has 2 aromatic heterocycles. The first-order valence-electron chi connectivity index (χ1n) is 9.80. The van der Waals surface area contributed by atoms with Crippen LogP contribution in [-0.2, 0) is 10.0 Å². The van der Waals surface area contributed by atoms with E-state index in [-0.39, 0.29) is 42.7 Å². The Hall–Kier alpha value is -2.69. The van der Waals surface area contributed by atoms with Crippen molar-refractivity contribution < 1.29 is 22.7 Å². The van der Waals surface area contributed by atoms with Gasteiger partial charge in [-0.15, -0.1) is 11.3 Å². The van der Waals surface area contributed by atoms with Crippen molar-refractivity contribution >= 4 is 27.3 Å². The molecule has 31 heavy (non-hydrogen) atoms. The van der Waals surface area contributed by atoms with Crippen molar-refractivity contribution in [3.8, 4) is 16.5 Å². The molecule has 3 aromatic rings. The zero-order chi connectivity index (χ0) is 22.3. The van der Waals surface area contributed by atoms with Gasteiger partial charge in [-0.25, -0.2) is 13.4 Å². The molecule has 1 aliphatic rings. The van der Waals surface area contributed by atoms with E-state index in [9.17, 15) is 18.3 Å². The molecule has 0 aliphatic carbocycles. The molecule has 1 N–H and O–H groups in total. The van der Waals surface area contributed by atoms with Crippen molar-refractivity contribution in [1.82, 2.24) is 14.2 Å². The van der Waals surface area contributed by atoms with Crippen LogP contribution < -0.4 is 0 Å². The summed E-state index contributed by atoms with van der Waals surface area (Å²) in [6, 6.07) is 8.17. The number of phenolic OH excluding ortho intramolecular Hbond substituents is 1. The van der Waals surface area contributed by atoms with Crippen LogP contribution in [0.25, 0.3) is 10.8 Å². The fraction of sp³-hybridized carbons (Fsp3) is 0.333. The maximum Gasteiger partial charge on any atom is 0.265 e. The van der Waals surface area contributed by atoms with Crippen LogP contribution in [0.1, 0.15) is 26.7 Å². The predicted octanol–water partition coefficient (Wildman–Crippen LogP) is 3.18. The van der Waals surface area contributed by atoms with Crippen molar-refractivity contribution in [2.75, 3.05) is 26.2 Å². The molecule has 1 saturated heterocycles. The quantitative estimate of drug-likeness (QED) is 0.640. The number of furan rings is 1. The highest BCUT2D eigenvalue weighted by Crippen LogP contribution is 2.31. The number of thiazole rings is 1. The fourth-order valence-electron chi connectivity index (χ4n) is 3.49. The molecule has 0 atom stereocenters. The summed E-state index contributed by atoms with van der Waals surface area (Å²) in [6.45, 7) is 6.23. The lowest BCUT2D eigenvalue weighted by Crippen LogP contribution is -2.50. The number of aryl methyl sites for hydroxylation is 3. The van der Waals surface area contributed by atoms with E-state index in [1.165, 1.54) is 27.8 Å². The van der Waals surface area contributed by atoms with Gasteiger partial charge in [-0.2, -0.15) is 4.31 Å². The summed E-state index contributed by atoms with van der Waals surface area (Å²) in [7, 11) is -3.84. The van der Waals surface area contributed by atoms with Crippen molar-refractivity contribution in [1.29, 1.82) is 0 Å². The third-order valence-corrected chi connectivity index (χ3v) is 8.29. The molecule has 1 fully saturated rings. The van der Waals surface area contributed by atoms with E-state index in [4.69, 9.17) is 4.42 Å². The van der Waals surface area contributed by atoms with E-state index in [1.54, 1.807) is 24.8 Å². The number of rotatable bonds is 4. The third kappa shape index (κ3) is 4.10. The lowest BCUT2D eigenvalue weighted by molar-refractivity contribution is 0.0701. The first-order chi connectivity index (χ1) is 14.7. The fourth-order valence-corrected chi connectivity index (χ4v) is 6.08. The number of sulfonamides is 1. The highest BCUT2D eigenvalue weighted by molar-refractivity contribution is 7.89. The Morgan fingerprint density at radius 2 is 1.81 bits per heavy atom. The smallest absolute Gasteiger partial charge is 0.265 e. The summed E-state index contributed by atoms with van der Waals surface area (Å²) >= 11 is 1.27. The van der Waals surface area contributed by atoms with E-state index in [0.717, 1.165) is 11.3 Å². The minimum absolute atomic E-state index is 0.107. The molecule has 0 radical (unpaired) electrons. The standard InChI is InChI=1S/C21H23N3O5S2/c1-13-4-6-16(25)18(12-13)31(27,28)24-10-8-23(9-11-24)21(26)19-15(3)22-20(30-19)17-7-5-14(2)29-17/h4-7,12,25H,8-11H2,1-3H3. The Morgan fingerprint density at radius 3 is 2.45 bits per heavy atom. The summed E-state index contributed by atoms with van der Waals surface area (Å²) in [5.41, 5.74) is 1.37. The van der Waals surface area contributed by atoms with Crippen molar-refractivity contribution in [3.05, 3.63) is 52.2 Å². The van der Waals surface area contributed by atoms with Crippen molar-refractivity contribution in [2.45, 2.75) is 25.7 Å². The van der Waals surface area contributed by atoms with Gasteiger partial charge in [0.25, 0.3) is 5.91 Å². The number of hydrogen-bond acceptors (Lipinski definition) is 7. The second kappa shape index (κ2) is 8.10. The van der Waals surface area contributed by atoms with E-state index in [0.29, 0.717) is 21.3 Å². The van der Waals surface area contributed by atoms with Gasteiger partial charge < -0.3 is 14.4 Å². The SMILES string of the molecule is Cc1ccc(O)c(S(=O)(=O)N2CCN(C(=O)c3sc(-c4ccc(C)o4)nc3C)CC2)c1. The number of nitrogens with zero attached hydrogens (tertiary/aromatic N) is 3. The molecule has 0 spiro atoms. The molecule has 0 saturated carbocycles. The van der Waals surface area contributed by atoms with Crippen LogP contribution in [0, 0.1) is 20.8 Å². The van der Waals surface area contributed by atoms with Gasteiger partial charge in [0.15, 0.2) is 10.8 Å². The number of piperazine rings is 1. The largest absolute Gasteiger partial charge is 0.507 e. The number of carbonyl (C=O) groups is 1. The molecule has 1 aliphatic heterocycles. The van der Waals surface area contributed by atoms with Gasteiger partial charge in [0, 0.05) is 26.2 Å². The molecule has 1 aromatic carbocycles. The number of hydrogen-bond donors (Lipinski definition) is 1. The number of aromatic hydroxyl groups is 1. The lowest BCUT2D eigenvalue weighted by atomic mass is 10.2. The van der Waals surface area contributed by atoms with Gasteiger partial charge >= 0.3 is 0 Å². The maximum atomic E-state index is 13.1. The molecule has 8 nitrogen and oxygen atoms in total. The topological polar surface area (TPSA) is 104 Å². The second-order valence-electron chi connectivity index (χ2n) is 7.51. The number of carbonyl (C=O) groups excluding carboxylic acids is 1. The molecular formula is C21H23N3O5S2. The number of aromatic nitrogens is 1. The molecule has 0 unspecified atom stereocenters. The summed E-state index contributed by atoms with van der Waals surface area (Å²) in [4.78, 5) is 19.6. The van der Waals surface area contributed by atoms with Crippen LogP contribution in [0.4, 0.5) is 0 Å². The van der Waals surface area contributed by atoms with Crippen LogP contribution >= 0.6 is 11.3 Å². The van der Waals surface area contributed by atoms with Gasteiger partial charge in [-0.05, 0) is 50.6 Å². The molecule has 0 bridgehead atoms. The monoisotopic (exact) mass is 461 g/mol. The molecule has 4 rings (SSSR count). The minimum atomic E-state index is -3.84. The number of phenols is 1. The Morgan fingerprint density at radius 1 is 1.10 bits per heavy atom. The molecule has 10 heteroatoms. The Labute approximate surface area is 184 Å². The van der Waals surface area contributed by atoms with Crippen molar-refractivity contribution in [3.63, 3.8) is 0 Å². The third-order valence-electron chi connectivity index (χ3n) is 5.20. The molecule has 3 heterocycles. The van der Waals surface area contributed by atoms with Crippen LogP contribution in [0.15, 0.2) is 39.6 Å². The van der Waals surface area contributed by atoms with Crippen LogP contribution in [0.2, 0.25) is 0 Å². The lowest BCUT2D eigenvalue weighted by Gasteiger charge is -2.34.